The molecule has 0 radical (unpaired) electrons. The minimum absolute atomic E-state index is 0.00653. The molecule has 1 aromatic carbocycles. The smallest absolute Gasteiger partial charge is 0.307 e. The van der Waals surface area contributed by atoms with Crippen LogP contribution < -0.4 is 0 Å². The van der Waals surface area contributed by atoms with Gasteiger partial charge in [-0.25, -0.2) is 4.98 Å². The molecule has 14 heavy (non-hydrogen) atoms. The number of aromatic amines is 1. The highest BCUT2D eigenvalue weighted by atomic mass is 35.5. The van der Waals surface area contributed by atoms with Crippen LogP contribution in [0.5, 0.6) is 0 Å². The Morgan fingerprint density at radius 2 is 2.36 bits per heavy atom. The highest BCUT2D eigenvalue weighted by Crippen LogP contribution is 2.16. The number of carbonyl (C=O) groups is 1. The Hall–Kier alpha value is -1.55. The number of carboxylic acid groups (broad SMARTS) is 1. The van der Waals surface area contributed by atoms with Crippen molar-refractivity contribution in [3.8, 4) is 0 Å². The number of fused-ring (bicyclic) bond motifs is 1. The Morgan fingerprint density at radius 3 is 3.07 bits per heavy atom. The van der Waals surface area contributed by atoms with Crippen LogP contribution in [0.3, 0.4) is 0 Å². The number of rotatable bonds is 2. The summed E-state index contributed by atoms with van der Waals surface area (Å²) < 4.78 is 0. The van der Waals surface area contributed by atoms with Gasteiger partial charge in [0, 0.05) is 0 Å². The monoisotopic (exact) mass is 210 g/mol. The van der Waals surface area contributed by atoms with E-state index in [9.17, 15) is 4.79 Å². The third-order valence-corrected chi connectivity index (χ3v) is 2.05. The van der Waals surface area contributed by atoms with Gasteiger partial charge < -0.3 is 10.1 Å². The van der Waals surface area contributed by atoms with E-state index in [0.717, 1.165) is 16.6 Å². The lowest BCUT2D eigenvalue weighted by Crippen LogP contribution is -1.99. The molecule has 72 valence electrons. The molecule has 0 bridgehead atoms. The van der Waals surface area contributed by atoms with Crippen molar-refractivity contribution in [1.29, 1.82) is 0 Å². The molecule has 0 saturated heterocycles. The first-order valence-corrected chi connectivity index (χ1v) is 4.39. The van der Waals surface area contributed by atoms with Crippen molar-refractivity contribution < 1.29 is 9.90 Å². The van der Waals surface area contributed by atoms with Crippen molar-refractivity contribution in [3.63, 3.8) is 0 Å². The maximum atomic E-state index is 10.5. The number of nitrogens with one attached hydrogen (secondary N) is 1. The molecule has 0 saturated carbocycles. The van der Waals surface area contributed by atoms with Gasteiger partial charge in [-0.2, -0.15) is 0 Å². The van der Waals surface area contributed by atoms with E-state index in [0.29, 0.717) is 5.28 Å². The maximum Gasteiger partial charge on any atom is 0.307 e. The summed E-state index contributed by atoms with van der Waals surface area (Å²) in [5.41, 5.74) is 2.23. The summed E-state index contributed by atoms with van der Waals surface area (Å²) in [6.07, 6.45) is 0.00653. The van der Waals surface area contributed by atoms with E-state index < -0.39 is 5.97 Å². The van der Waals surface area contributed by atoms with Crippen molar-refractivity contribution in [1.82, 2.24) is 9.97 Å². The van der Waals surface area contributed by atoms with Crippen LogP contribution >= 0.6 is 11.6 Å². The molecule has 0 spiro atoms. The Morgan fingerprint density at radius 1 is 1.57 bits per heavy atom. The lowest BCUT2D eigenvalue weighted by atomic mass is 10.1. The van der Waals surface area contributed by atoms with Crippen molar-refractivity contribution in [3.05, 3.63) is 29.0 Å². The number of halogens is 1. The molecule has 2 rings (SSSR count). The largest absolute Gasteiger partial charge is 0.481 e. The van der Waals surface area contributed by atoms with Gasteiger partial charge in [0.05, 0.1) is 17.5 Å². The number of aliphatic carboxylic acids is 1. The van der Waals surface area contributed by atoms with Gasteiger partial charge >= 0.3 is 5.97 Å². The molecule has 0 aliphatic heterocycles. The maximum absolute atomic E-state index is 10.5. The molecular weight excluding hydrogens is 204 g/mol. The second kappa shape index (κ2) is 3.31. The highest BCUT2D eigenvalue weighted by Gasteiger charge is 2.04. The molecule has 0 aliphatic carbocycles. The fraction of sp³-hybridized carbons (Fsp3) is 0.111. The van der Waals surface area contributed by atoms with Crippen LogP contribution in [0, 0.1) is 0 Å². The Kier molecular flexibility index (Phi) is 2.13. The van der Waals surface area contributed by atoms with Crippen molar-refractivity contribution in [2.45, 2.75) is 6.42 Å². The number of hydrogen-bond acceptors (Lipinski definition) is 2. The zero-order chi connectivity index (χ0) is 10.1. The summed E-state index contributed by atoms with van der Waals surface area (Å²) in [5.74, 6) is -0.852. The molecule has 5 heteroatoms. The van der Waals surface area contributed by atoms with E-state index in [1.165, 1.54) is 0 Å². The third kappa shape index (κ3) is 1.70. The second-order valence-electron chi connectivity index (χ2n) is 2.95. The first kappa shape index (κ1) is 9.02. The van der Waals surface area contributed by atoms with E-state index in [1.807, 2.05) is 0 Å². The van der Waals surface area contributed by atoms with E-state index in [2.05, 4.69) is 9.97 Å². The predicted octanol–water partition coefficient (Wildman–Crippen LogP) is 1.84. The summed E-state index contributed by atoms with van der Waals surface area (Å²) in [5, 5.41) is 8.90. The number of hydrogen-bond donors (Lipinski definition) is 2. The molecule has 0 atom stereocenters. The second-order valence-corrected chi connectivity index (χ2v) is 3.31. The fourth-order valence-electron chi connectivity index (χ4n) is 1.31. The predicted molar refractivity (Wildman–Crippen MR) is 52.4 cm³/mol. The van der Waals surface area contributed by atoms with Gasteiger partial charge in [-0.15, -0.1) is 0 Å². The first-order chi connectivity index (χ1) is 6.65. The first-order valence-electron chi connectivity index (χ1n) is 4.01. The molecule has 0 unspecified atom stereocenters. The number of benzene rings is 1. The number of nitrogens with zero attached hydrogens (tertiary/aromatic N) is 1. The molecule has 0 fully saturated rings. The lowest BCUT2D eigenvalue weighted by molar-refractivity contribution is -0.136. The van der Waals surface area contributed by atoms with Gasteiger partial charge in [-0.1, -0.05) is 6.07 Å². The average Bonchev–Trinajstić information content (AvgIpc) is 2.42. The van der Waals surface area contributed by atoms with E-state index in [1.54, 1.807) is 18.2 Å². The molecule has 4 nitrogen and oxygen atoms in total. The number of aromatic nitrogens is 2. The van der Waals surface area contributed by atoms with Crippen molar-refractivity contribution in [2.24, 2.45) is 0 Å². The van der Waals surface area contributed by atoms with Crippen LogP contribution in [0.4, 0.5) is 0 Å². The SMILES string of the molecule is O=C(O)Cc1ccc2nc(Cl)[nH]c2c1. The Bertz CT molecular complexity index is 493. The van der Waals surface area contributed by atoms with Crippen LogP contribution in [0.15, 0.2) is 18.2 Å². The average molecular weight is 211 g/mol. The summed E-state index contributed by atoms with van der Waals surface area (Å²) in [6, 6.07) is 5.21. The zero-order valence-corrected chi connectivity index (χ0v) is 7.88. The quantitative estimate of drug-likeness (QED) is 0.795. The van der Waals surface area contributed by atoms with Crippen LogP contribution in [0.25, 0.3) is 11.0 Å². The van der Waals surface area contributed by atoms with Crippen LogP contribution in [-0.2, 0) is 11.2 Å². The summed E-state index contributed by atoms with van der Waals surface area (Å²) in [7, 11) is 0. The molecule has 1 aromatic heterocycles. The fourth-order valence-corrected chi connectivity index (χ4v) is 1.50. The van der Waals surface area contributed by atoms with Gasteiger partial charge in [-0.3, -0.25) is 4.79 Å². The zero-order valence-electron chi connectivity index (χ0n) is 7.12. The minimum atomic E-state index is -0.852. The lowest BCUT2D eigenvalue weighted by Gasteiger charge is -1.95. The van der Waals surface area contributed by atoms with Crippen molar-refractivity contribution >= 4 is 28.6 Å². The summed E-state index contributed by atoms with van der Waals surface area (Å²) in [6.45, 7) is 0. The van der Waals surface area contributed by atoms with Crippen LogP contribution in [0.2, 0.25) is 5.28 Å². The van der Waals surface area contributed by atoms with Crippen LogP contribution in [-0.4, -0.2) is 21.0 Å². The molecule has 2 aromatic rings. The van der Waals surface area contributed by atoms with Crippen molar-refractivity contribution in [2.75, 3.05) is 0 Å². The summed E-state index contributed by atoms with van der Waals surface area (Å²) >= 11 is 5.66. The standard InChI is InChI=1S/C9H7ClN2O2/c10-9-11-6-2-1-5(4-8(13)14)3-7(6)12-9/h1-3H,4H2,(H,11,12)(H,13,14). The van der Waals surface area contributed by atoms with E-state index in [4.69, 9.17) is 16.7 Å². The Balaban J connectivity index is 2.45. The van der Waals surface area contributed by atoms with Gasteiger partial charge in [0.15, 0.2) is 0 Å². The van der Waals surface area contributed by atoms with Gasteiger partial charge in [0.2, 0.25) is 5.28 Å². The number of carboxylic acids is 1. The summed E-state index contributed by atoms with van der Waals surface area (Å²) in [4.78, 5) is 17.3. The molecule has 0 amide bonds. The normalized spacial score (nSPS) is 10.6. The molecule has 2 N–H and O–H groups in total. The molecular formula is C9H7ClN2O2. The Labute approximate surface area is 84.5 Å². The molecule has 1 heterocycles. The van der Waals surface area contributed by atoms with Crippen LogP contribution in [0.1, 0.15) is 5.56 Å². The van der Waals surface area contributed by atoms with Gasteiger partial charge in [0.25, 0.3) is 0 Å². The van der Waals surface area contributed by atoms with E-state index in [-0.39, 0.29) is 6.42 Å². The van der Waals surface area contributed by atoms with Gasteiger partial charge in [0.1, 0.15) is 0 Å². The van der Waals surface area contributed by atoms with Gasteiger partial charge in [-0.05, 0) is 29.3 Å². The number of H-pyrrole nitrogens is 1. The van der Waals surface area contributed by atoms with E-state index >= 15 is 0 Å². The highest BCUT2D eigenvalue weighted by molar-refractivity contribution is 6.29. The minimum Gasteiger partial charge on any atom is -0.481 e. The topological polar surface area (TPSA) is 66.0 Å². The third-order valence-electron chi connectivity index (χ3n) is 1.87. The number of imidazole rings is 1. The molecule has 0 aliphatic rings.